The minimum Gasteiger partial charge on any atom is -1.00 e. The summed E-state index contributed by atoms with van der Waals surface area (Å²) in [5.41, 5.74) is 0. The summed E-state index contributed by atoms with van der Waals surface area (Å²) in [6.45, 7) is 14.2. The molecule has 0 aromatic heterocycles. The van der Waals surface area contributed by atoms with E-state index >= 15 is 0 Å². The van der Waals surface area contributed by atoms with Gasteiger partial charge in [-0.2, -0.15) is 0 Å². The Bertz CT molecular complexity index is 57.9. The lowest BCUT2D eigenvalue weighted by Crippen LogP contribution is -3.00. The van der Waals surface area contributed by atoms with E-state index in [0.29, 0.717) is 0 Å². The van der Waals surface area contributed by atoms with Crippen molar-refractivity contribution >= 4 is 0 Å². The highest BCUT2D eigenvalue weighted by Gasteiger charge is 2.16. The van der Waals surface area contributed by atoms with Crippen molar-refractivity contribution in [1.29, 1.82) is 0 Å². The molecular formula is C8H24I2N2. The SMILES string of the molecule is CC[N+](CC)(CC)CC.[I-].[I-].[NH4+]. The van der Waals surface area contributed by atoms with E-state index in [0.717, 1.165) is 0 Å². The lowest BCUT2D eigenvalue weighted by atomic mass is 10.3. The van der Waals surface area contributed by atoms with Gasteiger partial charge in [-0.25, -0.2) is 0 Å². The van der Waals surface area contributed by atoms with Crippen LogP contribution in [0.3, 0.4) is 0 Å². The lowest BCUT2D eigenvalue weighted by molar-refractivity contribution is -0.921. The first kappa shape index (κ1) is 23.3. The van der Waals surface area contributed by atoms with Crippen LogP contribution in [0.25, 0.3) is 0 Å². The summed E-state index contributed by atoms with van der Waals surface area (Å²) in [7, 11) is 0. The van der Waals surface area contributed by atoms with Crippen LogP contribution in [-0.4, -0.2) is 30.7 Å². The van der Waals surface area contributed by atoms with E-state index in [1.54, 1.807) is 0 Å². The highest BCUT2D eigenvalue weighted by molar-refractivity contribution is 4.31. The quantitative estimate of drug-likeness (QED) is 0.371. The van der Waals surface area contributed by atoms with Crippen molar-refractivity contribution in [2.75, 3.05) is 26.2 Å². The van der Waals surface area contributed by atoms with Gasteiger partial charge in [-0.05, 0) is 27.7 Å². The average Bonchev–Trinajstić information content (AvgIpc) is 1.95. The molecule has 0 saturated carbocycles. The van der Waals surface area contributed by atoms with E-state index in [2.05, 4.69) is 27.7 Å². The molecule has 0 spiro atoms. The third kappa shape index (κ3) is 6.85. The number of hydrogen-bond acceptors (Lipinski definition) is 0. The summed E-state index contributed by atoms with van der Waals surface area (Å²) in [5.74, 6) is 0. The van der Waals surface area contributed by atoms with Crippen LogP contribution >= 0.6 is 0 Å². The molecule has 0 aromatic rings. The van der Waals surface area contributed by atoms with E-state index in [4.69, 9.17) is 0 Å². The zero-order valence-corrected chi connectivity index (χ0v) is 13.3. The van der Waals surface area contributed by atoms with Crippen molar-refractivity contribution in [3.8, 4) is 0 Å². The minimum absolute atomic E-state index is 0. The summed E-state index contributed by atoms with van der Waals surface area (Å²) in [6, 6.07) is 0. The number of hydrogen-bond donors (Lipinski definition) is 1. The van der Waals surface area contributed by atoms with Crippen LogP contribution in [0.5, 0.6) is 0 Å². The van der Waals surface area contributed by atoms with E-state index in [1.165, 1.54) is 30.7 Å². The normalized spacial score (nSPS) is 9.00. The van der Waals surface area contributed by atoms with Crippen LogP contribution in [0, 0.1) is 0 Å². The Kier molecular flexibility index (Phi) is 24.0. The van der Waals surface area contributed by atoms with Crippen molar-refractivity contribution in [2.45, 2.75) is 27.7 Å². The summed E-state index contributed by atoms with van der Waals surface area (Å²) in [5, 5.41) is 0. The summed E-state index contributed by atoms with van der Waals surface area (Å²) in [4.78, 5) is 0. The smallest absolute Gasteiger partial charge is 0.0757 e. The van der Waals surface area contributed by atoms with Crippen molar-refractivity contribution in [3.63, 3.8) is 0 Å². The van der Waals surface area contributed by atoms with Crippen molar-refractivity contribution < 1.29 is 52.4 Å². The van der Waals surface area contributed by atoms with Gasteiger partial charge in [0.05, 0.1) is 26.2 Å². The van der Waals surface area contributed by atoms with E-state index in [-0.39, 0.29) is 54.1 Å². The molecule has 0 unspecified atom stereocenters. The van der Waals surface area contributed by atoms with Crippen LogP contribution in [-0.2, 0) is 0 Å². The number of quaternary nitrogens is 2. The highest BCUT2D eigenvalue weighted by Crippen LogP contribution is 2.03. The predicted octanol–water partition coefficient (Wildman–Crippen LogP) is -3.73. The van der Waals surface area contributed by atoms with Crippen molar-refractivity contribution in [2.24, 2.45) is 0 Å². The average molecular weight is 402 g/mol. The molecule has 2 nitrogen and oxygen atoms in total. The van der Waals surface area contributed by atoms with E-state index in [9.17, 15) is 0 Å². The molecule has 0 fully saturated rings. The molecule has 0 rings (SSSR count). The van der Waals surface area contributed by atoms with Crippen LogP contribution in [0.2, 0.25) is 0 Å². The van der Waals surface area contributed by atoms with Crippen LogP contribution < -0.4 is 54.1 Å². The van der Waals surface area contributed by atoms with Gasteiger partial charge in [-0.15, -0.1) is 0 Å². The van der Waals surface area contributed by atoms with E-state index in [1.807, 2.05) is 0 Å². The molecule has 0 saturated heterocycles. The van der Waals surface area contributed by atoms with Crippen LogP contribution in [0.15, 0.2) is 0 Å². The van der Waals surface area contributed by atoms with Gasteiger partial charge in [0.15, 0.2) is 0 Å². The summed E-state index contributed by atoms with van der Waals surface area (Å²) in [6.07, 6.45) is 0. The maximum atomic E-state index is 2.27. The zero-order valence-electron chi connectivity index (χ0n) is 9.03. The monoisotopic (exact) mass is 402 g/mol. The molecule has 0 aliphatic carbocycles. The fourth-order valence-electron chi connectivity index (χ4n) is 1.34. The Morgan fingerprint density at radius 3 is 0.833 bits per heavy atom. The number of rotatable bonds is 4. The molecule has 0 bridgehead atoms. The molecule has 4 heteroatoms. The van der Waals surface area contributed by atoms with Gasteiger partial charge < -0.3 is 58.6 Å². The topological polar surface area (TPSA) is 36.5 Å². The Labute approximate surface area is 112 Å². The molecule has 12 heavy (non-hydrogen) atoms. The molecule has 0 amide bonds. The van der Waals surface area contributed by atoms with Crippen molar-refractivity contribution in [3.05, 3.63) is 0 Å². The van der Waals surface area contributed by atoms with Crippen LogP contribution in [0.4, 0.5) is 0 Å². The third-order valence-electron chi connectivity index (χ3n) is 2.68. The molecule has 0 aromatic carbocycles. The van der Waals surface area contributed by atoms with Gasteiger partial charge in [0.2, 0.25) is 0 Å². The van der Waals surface area contributed by atoms with E-state index < -0.39 is 0 Å². The molecule has 4 N–H and O–H groups in total. The van der Waals surface area contributed by atoms with Gasteiger partial charge in [-0.1, -0.05) is 0 Å². The lowest BCUT2D eigenvalue weighted by Gasteiger charge is -2.34. The Hall–Kier alpha value is 1.38. The summed E-state index contributed by atoms with van der Waals surface area (Å²) >= 11 is 0. The fourth-order valence-corrected chi connectivity index (χ4v) is 1.34. The molecule has 0 atom stereocenters. The molecule has 80 valence electrons. The second kappa shape index (κ2) is 12.4. The first-order valence-corrected chi connectivity index (χ1v) is 4.09. The first-order chi connectivity index (χ1) is 4.24. The molecule has 0 aliphatic rings. The Morgan fingerprint density at radius 2 is 0.833 bits per heavy atom. The minimum atomic E-state index is 0. The zero-order chi connectivity index (χ0) is 7.33. The van der Waals surface area contributed by atoms with Gasteiger partial charge in [0.25, 0.3) is 0 Å². The second-order valence-electron chi connectivity index (χ2n) is 2.61. The first-order valence-electron chi connectivity index (χ1n) is 4.09. The van der Waals surface area contributed by atoms with Crippen LogP contribution in [0.1, 0.15) is 27.7 Å². The maximum Gasteiger partial charge on any atom is 0.0757 e. The van der Waals surface area contributed by atoms with Crippen molar-refractivity contribution in [1.82, 2.24) is 6.15 Å². The standard InChI is InChI=1S/C8H20N.2HI.H3N/c1-5-9(6-2,7-3)8-4;;;/h5-8H2,1-4H3;2*1H;1H3/q+1;;;/p-1. The largest absolute Gasteiger partial charge is 1.00 e. The van der Waals surface area contributed by atoms with Gasteiger partial charge in [0.1, 0.15) is 0 Å². The van der Waals surface area contributed by atoms with Gasteiger partial charge in [-0.3, -0.25) is 0 Å². The predicted molar refractivity (Wildman–Crippen MR) is 48.4 cm³/mol. The van der Waals surface area contributed by atoms with Gasteiger partial charge in [0, 0.05) is 0 Å². The Balaban J connectivity index is -0.000000107. The maximum absolute atomic E-state index is 2.27. The molecule has 0 radical (unpaired) electrons. The number of halogens is 2. The summed E-state index contributed by atoms with van der Waals surface area (Å²) < 4.78 is 1.28. The Morgan fingerprint density at radius 1 is 0.667 bits per heavy atom. The highest BCUT2D eigenvalue weighted by atomic mass is 127. The van der Waals surface area contributed by atoms with Gasteiger partial charge >= 0.3 is 0 Å². The molecular weight excluding hydrogens is 378 g/mol. The third-order valence-corrected chi connectivity index (χ3v) is 2.68. The second-order valence-corrected chi connectivity index (χ2v) is 2.61. The number of nitrogens with zero attached hydrogens (tertiary/aromatic N) is 1. The molecule has 0 heterocycles. The fraction of sp³-hybridized carbons (Fsp3) is 1.00. The molecule has 0 aliphatic heterocycles.